The molecule has 1 nitrogen and oxygen atoms in total. The van der Waals surface area contributed by atoms with Crippen LogP contribution in [0.2, 0.25) is 0 Å². The molecule has 4 rings (SSSR count). The quantitative estimate of drug-likeness (QED) is 0.417. The van der Waals surface area contributed by atoms with Crippen LogP contribution in [-0.4, -0.2) is 0 Å². The second-order valence-corrected chi connectivity index (χ2v) is 5.67. The maximum atomic E-state index is 6.00. The van der Waals surface area contributed by atoms with Gasteiger partial charge in [-0.2, -0.15) is 0 Å². The summed E-state index contributed by atoms with van der Waals surface area (Å²) in [5, 5.41) is 4.99. The number of hydrogen-bond acceptors (Lipinski definition) is 1. The summed E-state index contributed by atoms with van der Waals surface area (Å²) in [7, 11) is 0. The van der Waals surface area contributed by atoms with Crippen LogP contribution < -0.4 is 0 Å². The molecule has 1 heterocycles. The fraction of sp³-hybridized carbons (Fsp3) is 0.158. The van der Waals surface area contributed by atoms with Crippen molar-refractivity contribution in [3.63, 3.8) is 0 Å². The molecular formula is C19H16O. The summed E-state index contributed by atoms with van der Waals surface area (Å²) in [6, 6.07) is 19.2. The predicted molar refractivity (Wildman–Crippen MR) is 85.3 cm³/mol. The van der Waals surface area contributed by atoms with E-state index in [2.05, 4.69) is 68.4 Å². The van der Waals surface area contributed by atoms with E-state index in [0.29, 0.717) is 5.92 Å². The fourth-order valence-electron chi connectivity index (χ4n) is 2.92. The average Bonchev–Trinajstić information content (AvgIpc) is 2.85. The standard InChI is InChI=1S/C19H16O/c1-12(2)14-8-9-17-16(11-14)19-15-6-4-3-5-13(15)7-10-18(19)20-17/h3-12H,1-2H3. The van der Waals surface area contributed by atoms with Crippen LogP contribution in [0.1, 0.15) is 25.3 Å². The lowest BCUT2D eigenvalue weighted by Gasteiger charge is -2.04. The monoisotopic (exact) mass is 260 g/mol. The largest absolute Gasteiger partial charge is 0.456 e. The van der Waals surface area contributed by atoms with Crippen molar-refractivity contribution in [3.8, 4) is 0 Å². The zero-order valence-electron chi connectivity index (χ0n) is 11.7. The highest BCUT2D eigenvalue weighted by Crippen LogP contribution is 2.35. The van der Waals surface area contributed by atoms with Crippen LogP contribution in [0, 0.1) is 0 Å². The van der Waals surface area contributed by atoms with Crippen molar-refractivity contribution in [2.24, 2.45) is 0 Å². The van der Waals surface area contributed by atoms with Gasteiger partial charge in [-0.25, -0.2) is 0 Å². The average molecular weight is 260 g/mol. The minimum absolute atomic E-state index is 0.527. The first kappa shape index (κ1) is 11.5. The molecule has 0 aliphatic rings. The second kappa shape index (κ2) is 4.11. The van der Waals surface area contributed by atoms with Crippen LogP contribution in [0.25, 0.3) is 32.7 Å². The first-order valence-electron chi connectivity index (χ1n) is 7.08. The van der Waals surface area contributed by atoms with Crippen molar-refractivity contribution in [1.82, 2.24) is 0 Å². The summed E-state index contributed by atoms with van der Waals surface area (Å²) >= 11 is 0. The molecular weight excluding hydrogens is 244 g/mol. The first-order chi connectivity index (χ1) is 9.74. The Balaban J connectivity index is 2.22. The van der Waals surface area contributed by atoms with Gasteiger partial charge in [0.1, 0.15) is 11.2 Å². The molecule has 0 amide bonds. The molecule has 1 heteroatoms. The summed E-state index contributed by atoms with van der Waals surface area (Å²) in [4.78, 5) is 0. The summed E-state index contributed by atoms with van der Waals surface area (Å²) in [5.41, 5.74) is 3.30. The zero-order chi connectivity index (χ0) is 13.7. The molecule has 1 aromatic heterocycles. The molecule has 0 bridgehead atoms. The van der Waals surface area contributed by atoms with Gasteiger partial charge in [0.15, 0.2) is 0 Å². The Hall–Kier alpha value is -2.28. The van der Waals surface area contributed by atoms with Crippen LogP contribution in [-0.2, 0) is 0 Å². The highest BCUT2D eigenvalue weighted by Gasteiger charge is 2.11. The van der Waals surface area contributed by atoms with Crippen LogP contribution in [0.15, 0.2) is 59.0 Å². The van der Waals surface area contributed by atoms with Gasteiger partial charge in [-0.05, 0) is 40.5 Å². The molecule has 0 atom stereocenters. The fourth-order valence-corrected chi connectivity index (χ4v) is 2.92. The van der Waals surface area contributed by atoms with E-state index in [1.807, 2.05) is 0 Å². The third kappa shape index (κ3) is 1.56. The van der Waals surface area contributed by atoms with Gasteiger partial charge >= 0.3 is 0 Å². The minimum Gasteiger partial charge on any atom is -0.456 e. The molecule has 0 aliphatic heterocycles. The van der Waals surface area contributed by atoms with E-state index in [4.69, 9.17) is 4.42 Å². The molecule has 0 saturated carbocycles. The second-order valence-electron chi connectivity index (χ2n) is 5.67. The van der Waals surface area contributed by atoms with Crippen molar-refractivity contribution < 1.29 is 4.42 Å². The van der Waals surface area contributed by atoms with Gasteiger partial charge in [0, 0.05) is 10.8 Å². The van der Waals surface area contributed by atoms with Crippen LogP contribution in [0.5, 0.6) is 0 Å². The van der Waals surface area contributed by atoms with E-state index in [1.165, 1.54) is 27.1 Å². The SMILES string of the molecule is CC(C)c1ccc2oc3ccc4ccccc4c3c2c1. The Morgan fingerprint density at radius 1 is 0.800 bits per heavy atom. The highest BCUT2D eigenvalue weighted by molar-refractivity contribution is 6.18. The molecule has 20 heavy (non-hydrogen) atoms. The lowest BCUT2D eigenvalue weighted by molar-refractivity contribution is 0.669. The Kier molecular flexibility index (Phi) is 2.37. The van der Waals surface area contributed by atoms with Gasteiger partial charge in [0.25, 0.3) is 0 Å². The highest BCUT2D eigenvalue weighted by atomic mass is 16.3. The van der Waals surface area contributed by atoms with Gasteiger partial charge in [-0.15, -0.1) is 0 Å². The molecule has 98 valence electrons. The van der Waals surface area contributed by atoms with E-state index >= 15 is 0 Å². The van der Waals surface area contributed by atoms with E-state index in [-0.39, 0.29) is 0 Å². The first-order valence-corrected chi connectivity index (χ1v) is 7.08. The maximum absolute atomic E-state index is 6.00. The van der Waals surface area contributed by atoms with Gasteiger partial charge in [-0.3, -0.25) is 0 Å². The zero-order valence-corrected chi connectivity index (χ0v) is 11.7. The van der Waals surface area contributed by atoms with E-state index in [0.717, 1.165) is 11.2 Å². The molecule has 0 saturated heterocycles. The summed E-state index contributed by atoms with van der Waals surface area (Å²) in [6.45, 7) is 4.45. The van der Waals surface area contributed by atoms with Crippen molar-refractivity contribution in [2.45, 2.75) is 19.8 Å². The summed E-state index contributed by atoms with van der Waals surface area (Å²) in [6.07, 6.45) is 0. The number of rotatable bonds is 1. The Morgan fingerprint density at radius 2 is 1.60 bits per heavy atom. The molecule has 0 aliphatic carbocycles. The lowest BCUT2D eigenvalue weighted by atomic mass is 9.99. The molecule has 4 aromatic rings. The molecule has 0 spiro atoms. The van der Waals surface area contributed by atoms with Crippen molar-refractivity contribution in [1.29, 1.82) is 0 Å². The van der Waals surface area contributed by atoms with Gasteiger partial charge in [0.05, 0.1) is 0 Å². The third-order valence-corrected chi connectivity index (χ3v) is 4.05. The Morgan fingerprint density at radius 3 is 2.45 bits per heavy atom. The van der Waals surface area contributed by atoms with Crippen molar-refractivity contribution >= 4 is 32.7 Å². The Bertz CT molecular complexity index is 928. The number of furan rings is 1. The topological polar surface area (TPSA) is 13.1 Å². The smallest absolute Gasteiger partial charge is 0.136 e. The summed E-state index contributed by atoms with van der Waals surface area (Å²) in [5.74, 6) is 0.527. The molecule has 3 aromatic carbocycles. The molecule has 0 N–H and O–H groups in total. The van der Waals surface area contributed by atoms with Crippen molar-refractivity contribution in [2.75, 3.05) is 0 Å². The maximum Gasteiger partial charge on any atom is 0.136 e. The third-order valence-electron chi connectivity index (χ3n) is 4.05. The molecule has 0 radical (unpaired) electrons. The van der Waals surface area contributed by atoms with Crippen LogP contribution in [0.4, 0.5) is 0 Å². The van der Waals surface area contributed by atoms with E-state index < -0.39 is 0 Å². The molecule has 0 unspecified atom stereocenters. The van der Waals surface area contributed by atoms with Crippen molar-refractivity contribution in [3.05, 3.63) is 60.2 Å². The van der Waals surface area contributed by atoms with E-state index in [1.54, 1.807) is 0 Å². The molecule has 0 fully saturated rings. The van der Waals surface area contributed by atoms with E-state index in [9.17, 15) is 0 Å². The number of benzene rings is 3. The number of hydrogen-bond donors (Lipinski definition) is 0. The van der Waals surface area contributed by atoms with Gasteiger partial charge in [-0.1, -0.05) is 50.2 Å². The van der Waals surface area contributed by atoms with Crippen LogP contribution in [0.3, 0.4) is 0 Å². The predicted octanol–water partition coefficient (Wildman–Crippen LogP) is 5.86. The van der Waals surface area contributed by atoms with Gasteiger partial charge < -0.3 is 4.42 Å². The number of fused-ring (bicyclic) bond motifs is 5. The van der Waals surface area contributed by atoms with Crippen LogP contribution >= 0.6 is 0 Å². The normalized spacial score (nSPS) is 11.9. The Labute approximate surface area is 117 Å². The summed E-state index contributed by atoms with van der Waals surface area (Å²) < 4.78 is 6.00. The lowest BCUT2D eigenvalue weighted by Crippen LogP contribution is -1.85. The van der Waals surface area contributed by atoms with Gasteiger partial charge in [0.2, 0.25) is 0 Å². The minimum atomic E-state index is 0.527.